The molecule has 1 saturated carbocycles. The predicted octanol–water partition coefficient (Wildman–Crippen LogP) is 5.23. The Morgan fingerprint density at radius 3 is 2.53 bits per heavy atom. The smallest absolute Gasteiger partial charge is 0.289 e. The lowest BCUT2D eigenvalue weighted by molar-refractivity contribution is -0.0399. The molecule has 2 aromatic carbocycles. The average molecular weight is 540 g/mol. The summed E-state index contributed by atoms with van der Waals surface area (Å²) in [5.74, 6) is -2.18. The number of nitrogens with zero attached hydrogens (tertiary/aromatic N) is 4. The topological polar surface area (TPSA) is 96.2 Å². The van der Waals surface area contributed by atoms with Crippen LogP contribution in [-0.4, -0.2) is 44.0 Å². The maximum atomic E-state index is 13.4. The number of hydrazone groups is 1. The quantitative estimate of drug-likeness (QED) is 0.216. The van der Waals surface area contributed by atoms with Gasteiger partial charge in [-0.3, -0.25) is 10.2 Å². The van der Waals surface area contributed by atoms with Crippen molar-refractivity contribution in [3.63, 3.8) is 0 Å². The van der Waals surface area contributed by atoms with Crippen molar-refractivity contribution in [3.8, 4) is 11.4 Å². The number of anilines is 1. The van der Waals surface area contributed by atoms with E-state index in [9.17, 15) is 13.6 Å². The summed E-state index contributed by atoms with van der Waals surface area (Å²) in [5, 5.41) is 14.9. The molecule has 1 fully saturated rings. The molecule has 0 radical (unpaired) electrons. The third-order valence-electron chi connectivity index (χ3n) is 6.40. The molecule has 11 heteroatoms. The van der Waals surface area contributed by atoms with Gasteiger partial charge in [-0.2, -0.15) is 10.2 Å². The molecule has 0 atom stereocenters. The Morgan fingerprint density at radius 2 is 1.84 bits per heavy atom. The van der Waals surface area contributed by atoms with E-state index in [4.69, 9.17) is 12.2 Å². The summed E-state index contributed by atoms with van der Waals surface area (Å²) in [6, 6.07) is 15.1. The SMILES string of the molecule is CC(C)c1ccccc1NC(=S)NN=Cc1ccc(-c2nc(C(=O)NC3CCC(F)(F)CC3)n(C)n2)cc1. The maximum Gasteiger partial charge on any atom is 0.289 e. The fraction of sp³-hybridized carbons (Fsp3) is 0.370. The number of hydrogen-bond donors (Lipinski definition) is 3. The van der Waals surface area contributed by atoms with Crippen molar-refractivity contribution in [2.45, 2.75) is 57.4 Å². The molecule has 1 aliphatic rings. The monoisotopic (exact) mass is 539 g/mol. The van der Waals surface area contributed by atoms with Crippen molar-refractivity contribution >= 4 is 35.1 Å². The van der Waals surface area contributed by atoms with Gasteiger partial charge in [0, 0.05) is 37.2 Å². The number of aryl methyl sites for hydroxylation is 1. The van der Waals surface area contributed by atoms with Crippen molar-refractivity contribution in [2.24, 2.45) is 12.1 Å². The molecule has 0 aliphatic heterocycles. The van der Waals surface area contributed by atoms with Crippen molar-refractivity contribution < 1.29 is 13.6 Å². The van der Waals surface area contributed by atoms with E-state index in [2.05, 4.69) is 51.2 Å². The molecule has 3 aromatic rings. The zero-order valence-electron chi connectivity index (χ0n) is 21.5. The second-order valence-electron chi connectivity index (χ2n) is 9.67. The van der Waals surface area contributed by atoms with Crippen molar-refractivity contribution in [2.75, 3.05) is 5.32 Å². The van der Waals surface area contributed by atoms with Crippen molar-refractivity contribution in [3.05, 3.63) is 65.5 Å². The van der Waals surface area contributed by atoms with Crippen LogP contribution in [0.2, 0.25) is 0 Å². The second kappa shape index (κ2) is 11.8. The van der Waals surface area contributed by atoms with Gasteiger partial charge in [-0.25, -0.2) is 18.4 Å². The maximum absolute atomic E-state index is 13.4. The van der Waals surface area contributed by atoms with Crippen LogP contribution in [0.25, 0.3) is 11.4 Å². The first-order valence-electron chi connectivity index (χ1n) is 12.5. The largest absolute Gasteiger partial charge is 0.347 e. The first-order chi connectivity index (χ1) is 18.1. The standard InChI is InChI=1S/C27H31F2N7OS/c1-17(2)21-6-4-5-7-22(21)32-26(38)34-30-16-18-8-10-19(11-9-18)23-33-24(36(3)35-23)25(37)31-20-12-14-27(28,29)15-13-20/h4-11,16-17,20H,12-15H2,1-3H3,(H,31,37)(H2,32,34,38). The number of rotatable bonds is 7. The normalized spacial score (nSPS) is 15.5. The lowest BCUT2D eigenvalue weighted by Gasteiger charge is -2.28. The summed E-state index contributed by atoms with van der Waals surface area (Å²) >= 11 is 5.36. The van der Waals surface area contributed by atoms with Gasteiger partial charge >= 0.3 is 0 Å². The number of benzene rings is 2. The van der Waals surface area contributed by atoms with Crippen molar-refractivity contribution in [1.82, 2.24) is 25.5 Å². The Kier molecular flexibility index (Phi) is 8.45. The van der Waals surface area contributed by atoms with Gasteiger partial charge in [0.2, 0.25) is 11.7 Å². The van der Waals surface area contributed by atoms with Crippen molar-refractivity contribution in [1.29, 1.82) is 0 Å². The van der Waals surface area contributed by atoms with Crippen LogP contribution in [-0.2, 0) is 7.05 Å². The molecule has 8 nitrogen and oxygen atoms in total. The Labute approximate surface area is 225 Å². The number of halogens is 2. The summed E-state index contributed by atoms with van der Waals surface area (Å²) in [5.41, 5.74) is 6.49. The Bertz CT molecular complexity index is 1310. The van der Waals surface area contributed by atoms with E-state index in [1.165, 1.54) is 10.2 Å². The highest BCUT2D eigenvalue weighted by molar-refractivity contribution is 7.80. The zero-order valence-corrected chi connectivity index (χ0v) is 22.4. The van der Waals surface area contributed by atoms with Gasteiger partial charge in [-0.15, -0.1) is 0 Å². The molecule has 38 heavy (non-hydrogen) atoms. The summed E-state index contributed by atoms with van der Waals surface area (Å²) in [6.07, 6.45) is 1.69. The molecule has 0 unspecified atom stereocenters. The molecule has 1 aliphatic carbocycles. The molecule has 0 bridgehead atoms. The zero-order chi connectivity index (χ0) is 27.3. The number of carbonyl (C=O) groups excluding carboxylic acids is 1. The summed E-state index contributed by atoms with van der Waals surface area (Å²) in [6.45, 7) is 4.25. The molecule has 0 saturated heterocycles. The van der Waals surface area contributed by atoms with Gasteiger partial charge in [-0.05, 0) is 48.2 Å². The Hall–Kier alpha value is -3.73. The molecular formula is C27H31F2N7OS. The van der Waals surface area contributed by atoms with E-state index in [1.54, 1.807) is 13.3 Å². The van der Waals surface area contributed by atoms with E-state index in [-0.39, 0.29) is 37.5 Å². The fourth-order valence-corrected chi connectivity index (χ4v) is 4.45. The summed E-state index contributed by atoms with van der Waals surface area (Å²) in [4.78, 5) is 17.0. The molecule has 200 valence electrons. The van der Waals surface area contributed by atoms with Crippen LogP contribution < -0.4 is 16.1 Å². The number of hydrogen-bond acceptors (Lipinski definition) is 5. The number of alkyl halides is 2. The molecule has 1 aromatic heterocycles. The number of carbonyl (C=O) groups is 1. The minimum Gasteiger partial charge on any atom is -0.347 e. The van der Waals surface area contributed by atoms with Gasteiger partial charge in [0.05, 0.1) is 6.21 Å². The number of aromatic nitrogens is 3. The average Bonchev–Trinajstić information content (AvgIpc) is 3.27. The van der Waals surface area contributed by atoms with E-state index in [0.717, 1.165) is 16.8 Å². The third-order valence-corrected chi connectivity index (χ3v) is 6.59. The number of nitrogens with one attached hydrogen (secondary N) is 3. The fourth-order valence-electron chi connectivity index (χ4n) is 4.29. The van der Waals surface area contributed by atoms with Crippen LogP contribution in [0.4, 0.5) is 14.5 Å². The third kappa shape index (κ3) is 6.97. The van der Waals surface area contributed by atoms with E-state index < -0.39 is 11.8 Å². The van der Waals surface area contributed by atoms with Gasteiger partial charge < -0.3 is 10.6 Å². The van der Waals surface area contributed by atoms with Crippen LogP contribution in [0.5, 0.6) is 0 Å². The van der Waals surface area contributed by atoms with Gasteiger partial charge in [0.25, 0.3) is 5.91 Å². The minimum absolute atomic E-state index is 0.132. The first-order valence-corrected chi connectivity index (χ1v) is 12.9. The number of thiocarbonyl (C=S) groups is 1. The van der Waals surface area contributed by atoms with Crippen LogP contribution in [0.1, 0.15) is 67.2 Å². The highest BCUT2D eigenvalue weighted by Gasteiger charge is 2.35. The lowest BCUT2D eigenvalue weighted by atomic mass is 9.92. The van der Waals surface area contributed by atoms with E-state index in [1.807, 2.05) is 42.5 Å². The minimum atomic E-state index is -2.64. The highest BCUT2D eigenvalue weighted by atomic mass is 32.1. The van der Waals surface area contributed by atoms with Crippen LogP contribution in [0.3, 0.4) is 0 Å². The Balaban J connectivity index is 1.33. The molecule has 3 N–H and O–H groups in total. The van der Waals surface area contributed by atoms with Crippen LogP contribution in [0, 0.1) is 0 Å². The van der Waals surface area contributed by atoms with E-state index in [0.29, 0.717) is 16.9 Å². The summed E-state index contributed by atoms with van der Waals surface area (Å²) in [7, 11) is 1.63. The molecule has 1 heterocycles. The predicted molar refractivity (Wildman–Crippen MR) is 149 cm³/mol. The first kappa shape index (κ1) is 27.3. The van der Waals surface area contributed by atoms with Gasteiger partial charge in [0.1, 0.15) is 0 Å². The Morgan fingerprint density at radius 1 is 1.16 bits per heavy atom. The van der Waals surface area contributed by atoms with Gasteiger partial charge in [-0.1, -0.05) is 56.3 Å². The second-order valence-corrected chi connectivity index (χ2v) is 10.1. The van der Waals surface area contributed by atoms with Crippen LogP contribution >= 0.6 is 12.2 Å². The number of para-hydroxylation sites is 1. The van der Waals surface area contributed by atoms with E-state index >= 15 is 0 Å². The molecular weight excluding hydrogens is 508 g/mol. The molecule has 0 spiro atoms. The van der Waals surface area contributed by atoms with Crippen LogP contribution in [0.15, 0.2) is 53.6 Å². The number of amides is 1. The van der Waals surface area contributed by atoms with Gasteiger partial charge in [0.15, 0.2) is 10.9 Å². The highest BCUT2D eigenvalue weighted by Crippen LogP contribution is 2.33. The molecule has 1 amide bonds. The molecule has 4 rings (SSSR count). The summed E-state index contributed by atoms with van der Waals surface area (Å²) < 4.78 is 28.2. The lowest BCUT2D eigenvalue weighted by Crippen LogP contribution is -2.41.